The van der Waals surface area contributed by atoms with Gasteiger partial charge in [0, 0.05) is 13.1 Å². The number of ether oxygens (including phenoxy) is 1. The molecule has 1 aromatic heterocycles. The number of hydrogen-bond acceptors (Lipinski definition) is 4. The van der Waals surface area contributed by atoms with Crippen molar-refractivity contribution in [2.24, 2.45) is 0 Å². The summed E-state index contributed by atoms with van der Waals surface area (Å²) in [5.41, 5.74) is 1.55. The topological polar surface area (TPSA) is 38.5 Å². The van der Waals surface area contributed by atoms with Gasteiger partial charge in [-0.25, -0.2) is 0 Å². The molecule has 0 radical (unpaired) electrons. The number of para-hydroxylation sites is 1. The molecule has 86 valence electrons. The van der Waals surface area contributed by atoms with Crippen LogP contribution >= 0.6 is 0 Å². The standard InChI is InChI=1S/C12H16N2O2/c1-4-14(5-2)12-13-11-9(15-3)7-6-8-10(11)16-12/h6-8H,4-5H2,1-3H3. The second-order valence-electron chi connectivity index (χ2n) is 3.48. The van der Waals surface area contributed by atoms with E-state index >= 15 is 0 Å². The first kappa shape index (κ1) is 10.8. The molecule has 4 nitrogen and oxygen atoms in total. The molecule has 1 heterocycles. The molecule has 4 heteroatoms. The van der Waals surface area contributed by atoms with Gasteiger partial charge in [0.05, 0.1) is 7.11 Å². The van der Waals surface area contributed by atoms with Crippen LogP contribution in [-0.2, 0) is 0 Å². The summed E-state index contributed by atoms with van der Waals surface area (Å²) < 4.78 is 10.9. The molecule has 0 aliphatic carbocycles. The normalized spacial score (nSPS) is 10.7. The van der Waals surface area contributed by atoms with E-state index in [1.54, 1.807) is 7.11 Å². The SMILES string of the molecule is CCN(CC)c1nc2c(OC)cccc2o1. The maximum Gasteiger partial charge on any atom is 0.298 e. The molecule has 1 aromatic carbocycles. The summed E-state index contributed by atoms with van der Waals surface area (Å²) in [5.74, 6) is 0.750. The smallest absolute Gasteiger partial charge is 0.298 e. The van der Waals surface area contributed by atoms with E-state index in [4.69, 9.17) is 9.15 Å². The van der Waals surface area contributed by atoms with Gasteiger partial charge in [0.15, 0.2) is 11.1 Å². The molecule has 0 bridgehead atoms. The molecule has 0 amide bonds. The highest BCUT2D eigenvalue weighted by Gasteiger charge is 2.13. The minimum absolute atomic E-state index is 0.657. The van der Waals surface area contributed by atoms with Gasteiger partial charge >= 0.3 is 0 Å². The molecule has 0 fully saturated rings. The molecule has 0 aliphatic rings. The van der Waals surface area contributed by atoms with Crippen LogP contribution in [0, 0.1) is 0 Å². The fourth-order valence-electron chi connectivity index (χ4n) is 1.71. The van der Waals surface area contributed by atoms with E-state index in [0.717, 1.165) is 29.9 Å². The minimum atomic E-state index is 0.657. The lowest BCUT2D eigenvalue weighted by molar-refractivity contribution is 0.419. The zero-order chi connectivity index (χ0) is 11.5. The van der Waals surface area contributed by atoms with E-state index in [0.29, 0.717) is 6.01 Å². The Labute approximate surface area is 94.8 Å². The lowest BCUT2D eigenvalue weighted by Crippen LogP contribution is -2.21. The molecule has 0 N–H and O–H groups in total. The zero-order valence-corrected chi connectivity index (χ0v) is 9.86. The highest BCUT2D eigenvalue weighted by molar-refractivity contribution is 5.81. The van der Waals surface area contributed by atoms with Gasteiger partial charge < -0.3 is 14.1 Å². The Morgan fingerprint density at radius 1 is 1.31 bits per heavy atom. The molecule has 0 spiro atoms. The van der Waals surface area contributed by atoms with Crippen molar-refractivity contribution < 1.29 is 9.15 Å². The summed E-state index contributed by atoms with van der Waals surface area (Å²) in [5, 5.41) is 0. The van der Waals surface area contributed by atoms with Gasteiger partial charge in [0.2, 0.25) is 0 Å². The third-order valence-corrected chi connectivity index (χ3v) is 2.62. The molecule has 2 aromatic rings. The number of fused-ring (bicyclic) bond motifs is 1. The van der Waals surface area contributed by atoms with Crippen molar-refractivity contribution in [1.82, 2.24) is 4.98 Å². The summed E-state index contributed by atoms with van der Waals surface area (Å²) in [4.78, 5) is 6.53. The number of aromatic nitrogens is 1. The molecule has 0 saturated heterocycles. The molecule has 0 aliphatic heterocycles. The van der Waals surface area contributed by atoms with E-state index < -0.39 is 0 Å². The van der Waals surface area contributed by atoms with Crippen molar-refractivity contribution in [2.45, 2.75) is 13.8 Å². The van der Waals surface area contributed by atoms with E-state index in [9.17, 15) is 0 Å². The molecule has 2 rings (SSSR count). The van der Waals surface area contributed by atoms with Gasteiger partial charge in [-0.15, -0.1) is 0 Å². The van der Waals surface area contributed by atoms with Crippen LogP contribution in [0.1, 0.15) is 13.8 Å². The number of hydrogen-bond donors (Lipinski definition) is 0. The van der Waals surface area contributed by atoms with Crippen molar-refractivity contribution in [3.8, 4) is 5.75 Å². The van der Waals surface area contributed by atoms with Gasteiger partial charge in [0.25, 0.3) is 6.01 Å². The molecule has 0 unspecified atom stereocenters. The molecule has 0 saturated carbocycles. The zero-order valence-electron chi connectivity index (χ0n) is 9.86. The fraction of sp³-hybridized carbons (Fsp3) is 0.417. The Morgan fingerprint density at radius 2 is 2.06 bits per heavy atom. The first-order valence-electron chi connectivity index (χ1n) is 5.48. The predicted molar refractivity (Wildman–Crippen MR) is 64.1 cm³/mol. The third kappa shape index (κ3) is 1.71. The highest BCUT2D eigenvalue weighted by atomic mass is 16.5. The number of rotatable bonds is 4. The molecule has 16 heavy (non-hydrogen) atoms. The molecular weight excluding hydrogens is 204 g/mol. The minimum Gasteiger partial charge on any atom is -0.494 e. The summed E-state index contributed by atoms with van der Waals surface area (Å²) in [6.45, 7) is 5.92. The molecule has 0 atom stereocenters. The number of nitrogens with zero attached hydrogens (tertiary/aromatic N) is 2. The van der Waals surface area contributed by atoms with Crippen LogP contribution in [0.4, 0.5) is 6.01 Å². The maximum atomic E-state index is 5.69. The van der Waals surface area contributed by atoms with Crippen molar-refractivity contribution in [3.05, 3.63) is 18.2 Å². The fourth-order valence-corrected chi connectivity index (χ4v) is 1.71. The van der Waals surface area contributed by atoms with Crippen LogP contribution in [0.15, 0.2) is 22.6 Å². The van der Waals surface area contributed by atoms with Crippen LogP contribution < -0.4 is 9.64 Å². The van der Waals surface area contributed by atoms with E-state index in [2.05, 4.69) is 23.7 Å². The highest BCUT2D eigenvalue weighted by Crippen LogP contribution is 2.28. The van der Waals surface area contributed by atoms with E-state index in [1.807, 2.05) is 18.2 Å². The largest absolute Gasteiger partial charge is 0.494 e. The first-order valence-corrected chi connectivity index (χ1v) is 5.48. The first-order chi connectivity index (χ1) is 7.80. The van der Waals surface area contributed by atoms with Crippen LogP contribution in [-0.4, -0.2) is 25.2 Å². The van der Waals surface area contributed by atoms with Crippen LogP contribution in [0.2, 0.25) is 0 Å². The van der Waals surface area contributed by atoms with Crippen molar-refractivity contribution in [1.29, 1.82) is 0 Å². The maximum absolute atomic E-state index is 5.69. The second kappa shape index (κ2) is 4.43. The van der Waals surface area contributed by atoms with Crippen LogP contribution in [0.3, 0.4) is 0 Å². The van der Waals surface area contributed by atoms with Gasteiger partial charge in [-0.2, -0.15) is 4.98 Å². The summed E-state index contributed by atoms with van der Waals surface area (Å²) in [6, 6.07) is 6.34. The summed E-state index contributed by atoms with van der Waals surface area (Å²) in [7, 11) is 1.64. The molecular formula is C12H16N2O2. The van der Waals surface area contributed by atoms with Crippen LogP contribution in [0.5, 0.6) is 5.75 Å². The predicted octanol–water partition coefficient (Wildman–Crippen LogP) is 2.68. The Bertz CT molecular complexity index is 475. The quantitative estimate of drug-likeness (QED) is 0.794. The Morgan fingerprint density at radius 3 is 2.69 bits per heavy atom. The monoisotopic (exact) mass is 220 g/mol. The average molecular weight is 220 g/mol. The second-order valence-corrected chi connectivity index (χ2v) is 3.48. The van der Waals surface area contributed by atoms with E-state index in [-0.39, 0.29) is 0 Å². The van der Waals surface area contributed by atoms with Crippen molar-refractivity contribution >= 4 is 17.1 Å². The van der Waals surface area contributed by atoms with Crippen LogP contribution in [0.25, 0.3) is 11.1 Å². The lowest BCUT2D eigenvalue weighted by atomic mass is 10.3. The van der Waals surface area contributed by atoms with Gasteiger partial charge in [-0.1, -0.05) is 6.07 Å². The van der Waals surface area contributed by atoms with Crippen molar-refractivity contribution in [3.63, 3.8) is 0 Å². The Kier molecular flexibility index (Phi) is 2.99. The summed E-state index contributed by atoms with van der Waals surface area (Å²) in [6.07, 6.45) is 0. The summed E-state index contributed by atoms with van der Waals surface area (Å²) >= 11 is 0. The average Bonchev–Trinajstić information content (AvgIpc) is 2.73. The van der Waals surface area contributed by atoms with Gasteiger partial charge in [-0.05, 0) is 26.0 Å². The lowest BCUT2D eigenvalue weighted by Gasteiger charge is -2.14. The number of oxazole rings is 1. The number of benzene rings is 1. The van der Waals surface area contributed by atoms with E-state index in [1.165, 1.54) is 0 Å². The number of anilines is 1. The van der Waals surface area contributed by atoms with Gasteiger partial charge in [-0.3, -0.25) is 0 Å². The van der Waals surface area contributed by atoms with Crippen molar-refractivity contribution in [2.75, 3.05) is 25.1 Å². The third-order valence-electron chi connectivity index (χ3n) is 2.62. The Balaban J connectivity index is 2.50. The Hall–Kier alpha value is -1.71. The number of methoxy groups -OCH3 is 1. The van der Waals surface area contributed by atoms with Gasteiger partial charge in [0.1, 0.15) is 5.75 Å².